The molecule has 3 rings (SSSR count). The molecule has 0 amide bonds. The van der Waals surface area contributed by atoms with E-state index in [-0.39, 0.29) is 0 Å². The van der Waals surface area contributed by atoms with Gasteiger partial charge in [0.25, 0.3) is 0 Å². The summed E-state index contributed by atoms with van der Waals surface area (Å²) < 4.78 is 11.1. The highest BCUT2D eigenvalue weighted by molar-refractivity contribution is 6.02. The quantitative estimate of drug-likeness (QED) is 0.727. The fourth-order valence-electron chi connectivity index (χ4n) is 1.96. The standard InChI is InChI=1S/C13H9O3/c14-8-9-7-12-13(16-6-5-15-12)11-4-2-1-3-10(9)11/h1-4,7H,5-6H2. The number of fused-ring (bicyclic) bond motifs is 3. The molecule has 0 aliphatic carbocycles. The van der Waals surface area contributed by atoms with Gasteiger partial charge in [-0.25, -0.2) is 0 Å². The summed E-state index contributed by atoms with van der Waals surface area (Å²) in [4.78, 5) is 10.9. The molecule has 0 N–H and O–H groups in total. The molecule has 3 heteroatoms. The largest absolute Gasteiger partial charge is 0.486 e. The fraction of sp³-hybridized carbons (Fsp3) is 0.154. The van der Waals surface area contributed by atoms with Gasteiger partial charge in [0, 0.05) is 10.9 Å². The van der Waals surface area contributed by atoms with Crippen LogP contribution in [0.1, 0.15) is 5.56 Å². The number of carbonyl (C=O) groups excluding carboxylic acids is 1. The third-order valence-electron chi connectivity index (χ3n) is 2.66. The van der Waals surface area contributed by atoms with E-state index in [0.29, 0.717) is 24.5 Å². The average Bonchev–Trinajstić information content (AvgIpc) is 2.38. The molecule has 3 nitrogen and oxygen atoms in total. The maximum absolute atomic E-state index is 10.9. The molecule has 1 aliphatic heterocycles. The summed E-state index contributed by atoms with van der Waals surface area (Å²) in [5.41, 5.74) is 0.514. The molecule has 0 spiro atoms. The lowest BCUT2D eigenvalue weighted by Crippen LogP contribution is -2.15. The zero-order valence-corrected chi connectivity index (χ0v) is 8.53. The molecule has 0 saturated carbocycles. The van der Waals surface area contributed by atoms with Crippen LogP contribution in [0.15, 0.2) is 30.3 Å². The van der Waals surface area contributed by atoms with E-state index in [2.05, 4.69) is 0 Å². The zero-order valence-electron chi connectivity index (χ0n) is 8.53. The number of hydrogen-bond acceptors (Lipinski definition) is 3. The molecule has 2 aromatic rings. The van der Waals surface area contributed by atoms with Gasteiger partial charge in [-0.2, -0.15) is 0 Å². The van der Waals surface area contributed by atoms with E-state index < -0.39 is 0 Å². The molecule has 1 aliphatic rings. The van der Waals surface area contributed by atoms with E-state index in [1.165, 1.54) is 0 Å². The highest BCUT2D eigenvalue weighted by atomic mass is 16.6. The predicted molar refractivity (Wildman–Crippen MR) is 59.7 cm³/mol. The van der Waals surface area contributed by atoms with Crippen LogP contribution in [0.5, 0.6) is 11.5 Å². The molecule has 0 unspecified atom stereocenters. The molecule has 1 heterocycles. The van der Waals surface area contributed by atoms with Crippen molar-refractivity contribution in [3.8, 4) is 11.5 Å². The topological polar surface area (TPSA) is 35.5 Å². The minimum Gasteiger partial charge on any atom is -0.486 e. The molecule has 0 fully saturated rings. The Labute approximate surface area is 92.6 Å². The van der Waals surface area contributed by atoms with Gasteiger partial charge in [0.05, 0.1) is 0 Å². The molecule has 0 aromatic heterocycles. The van der Waals surface area contributed by atoms with Gasteiger partial charge in [-0.05, 0) is 11.5 Å². The second-order valence-corrected chi connectivity index (χ2v) is 3.60. The van der Waals surface area contributed by atoms with Crippen molar-refractivity contribution in [1.29, 1.82) is 0 Å². The van der Waals surface area contributed by atoms with Crippen molar-refractivity contribution in [2.75, 3.05) is 13.2 Å². The number of benzene rings is 2. The van der Waals surface area contributed by atoms with Gasteiger partial charge in [-0.15, -0.1) is 0 Å². The Morgan fingerprint density at radius 2 is 1.81 bits per heavy atom. The number of ether oxygens (including phenoxy) is 2. The Kier molecular flexibility index (Phi) is 2.03. The highest BCUT2D eigenvalue weighted by Crippen LogP contribution is 2.39. The second kappa shape index (κ2) is 3.52. The lowest BCUT2D eigenvalue weighted by Gasteiger charge is -2.20. The second-order valence-electron chi connectivity index (χ2n) is 3.60. The molecule has 0 saturated heterocycles. The van der Waals surface area contributed by atoms with E-state index in [1.807, 2.05) is 30.6 Å². The van der Waals surface area contributed by atoms with Crippen LogP contribution in [0.4, 0.5) is 0 Å². The van der Waals surface area contributed by atoms with Crippen LogP contribution in [0.2, 0.25) is 0 Å². The Balaban J connectivity index is 2.40. The Bertz CT molecular complexity index is 560. The number of rotatable bonds is 1. The fourth-order valence-corrected chi connectivity index (χ4v) is 1.96. The maximum atomic E-state index is 10.9. The van der Waals surface area contributed by atoms with Crippen LogP contribution in [0, 0.1) is 0 Å². The summed E-state index contributed by atoms with van der Waals surface area (Å²) >= 11 is 0. The van der Waals surface area contributed by atoms with E-state index in [4.69, 9.17) is 9.47 Å². The SMILES string of the molecule is O=[C]c1cc2c(c3ccccc13)OCCO2. The zero-order chi connectivity index (χ0) is 11.0. The van der Waals surface area contributed by atoms with Gasteiger partial charge in [0.15, 0.2) is 11.5 Å². The van der Waals surface area contributed by atoms with Gasteiger partial charge in [0.2, 0.25) is 6.29 Å². The van der Waals surface area contributed by atoms with Crippen molar-refractivity contribution < 1.29 is 14.3 Å². The van der Waals surface area contributed by atoms with Crippen molar-refractivity contribution in [2.45, 2.75) is 0 Å². The van der Waals surface area contributed by atoms with E-state index >= 15 is 0 Å². The summed E-state index contributed by atoms with van der Waals surface area (Å²) in [6.45, 7) is 1.06. The van der Waals surface area contributed by atoms with E-state index in [9.17, 15) is 4.79 Å². The molecule has 1 radical (unpaired) electrons. The summed E-state index contributed by atoms with van der Waals surface area (Å²) in [6, 6.07) is 9.29. The minimum atomic E-state index is 0.514. The van der Waals surface area contributed by atoms with Gasteiger partial charge in [-0.3, -0.25) is 4.79 Å². The molecule has 0 bridgehead atoms. The van der Waals surface area contributed by atoms with Gasteiger partial charge in [0.1, 0.15) is 13.2 Å². The first-order chi connectivity index (χ1) is 7.90. The average molecular weight is 213 g/mol. The molecule has 2 aromatic carbocycles. The smallest absolute Gasteiger partial charge is 0.234 e. The highest BCUT2D eigenvalue weighted by Gasteiger charge is 2.17. The number of hydrogen-bond donors (Lipinski definition) is 0. The third kappa shape index (κ3) is 1.25. The molecule has 16 heavy (non-hydrogen) atoms. The summed E-state index contributed by atoms with van der Waals surface area (Å²) in [6.07, 6.45) is 1.93. The van der Waals surface area contributed by atoms with Crippen LogP contribution in [-0.4, -0.2) is 19.5 Å². The molecular formula is C13H9O3. The van der Waals surface area contributed by atoms with Crippen LogP contribution < -0.4 is 9.47 Å². The normalized spacial score (nSPS) is 13.8. The third-order valence-corrected chi connectivity index (χ3v) is 2.66. The minimum absolute atomic E-state index is 0.514. The van der Waals surface area contributed by atoms with Gasteiger partial charge >= 0.3 is 0 Å². The monoisotopic (exact) mass is 213 g/mol. The van der Waals surface area contributed by atoms with Crippen molar-refractivity contribution in [1.82, 2.24) is 0 Å². The first-order valence-electron chi connectivity index (χ1n) is 5.09. The molecule has 0 atom stereocenters. The van der Waals surface area contributed by atoms with E-state index in [1.54, 1.807) is 6.07 Å². The van der Waals surface area contributed by atoms with Crippen LogP contribution in [0.25, 0.3) is 10.8 Å². The van der Waals surface area contributed by atoms with E-state index in [0.717, 1.165) is 16.5 Å². The maximum Gasteiger partial charge on any atom is 0.234 e. The lowest BCUT2D eigenvalue weighted by atomic mass is 10.0. The summed E-state index contributed by atoms with van der Waals surface area (Å²) in [5.74, 6) is 1.35. The van der Waals surface area contributed by atoms with Crippen LogP contribution in [-0.2, 0) is 4.79 Å². The van der Waals surface area contributed by atoms with Crippen molar-refractivity contribution in [3.63, 3.8) is 0 Å². The molecular weight excluding hydrogens is 204 g/mol. The van der Waals surface area contributed by atoms with Crippen LogP contribution in [0.3, 0.4) is 0 Å². The first-order valence-corrected chi connectivity index (χ1v) is 5.09. The Hall–Kier alpha value is -2.03. The predicted octanol–water partition coefficient (Wildman–Crippen LogP) is 2.07. The summed E-state index contributed by atoms with van der Waals surface area (Å²) in [5, 5.41) is 1.75. The van der Waals surface area contributed by atoms with Gasteiger partial charge < -0.3 is 9.47 Å². The van der Waals surface area contributed by atoms with Crippen LogP contribution >= 0.6 is 0 Å². The Morgan fingerprint density at radius 3 is 2.62 bits per heavy atom. The van der Waals surface area contributed by atoms with Crippen molar-refractivity contribution in [3.05, 3.63) is 35.9 Å². The van der Waals surface area contributed by atoms with Gasteiger partial charge in [-0.1, -0.05) is 24.3 Å². The molecule has 79 valence electrons. The lowest BCUT2D eigenvalue weighted by molar-refractivity contribution is 0.174. The van der Waals surface area contributed by atoms with Crippen molar-refractivity contribution >= 4 is 17.1 Å². The van der Waals surface area contributed by atoms with Crippen molar-refractivity contribution in [2.24, 2.45) is 0 Å². The Morgan fingerprint density at radius 1 is 1.06 bits per heavy atom. The first kappa shape index (κ1) is 9.21. The summed E-state index contributed by atoms with van der Waals surface area (Å²) in [7, 11) is 0.